The summed E-state index contributed by atoms with van der Waals surface area (Å²) in [4.78, 5) is 42.0. The van der Waals surface area contributed by atoms with E-state index in [0.717, 1.165) is 10.6 Å². The number of hydrogen-bond acceptors (Lipinski definition) is 8. The van der Waals surface area contributed by atoms with Crippen LogP contribution in [0, 0.1) is 6.92 Å². The van der Waals surface area contributed by atoms with Crippen molar-refractivity contribution in [2.75, 3.05) is 24.4 Å². The van der Waals surface area contributed by atoms with Crippen LogP contribution in [0.5, 0.6) is 11.5 Å². The van der Waals surface area contributed by atoms with E-state index in [-0.39, 0.29) is 28.8 Å². The topological polar surface area (TPSA) is 94.2 Å². The predicted molar refractivity (Wildman–Crippen MR) is 164 cm³/mol. The normalized spacial score (nSPS) is 13.7. The molecule has 0 bridgehead atoms. The van der Waals surface area contributed by atoms with Crippen LogP contribution >= 0.6 is 22.9 Å². The number of carbonyl (C=O) groups excluding carboxylic acids is 3. The first-order valence-electron chi connectivity index (χ1n) is 13.1. The lowest BCUT2D eigenvalue weighted by molar-refractivity contribution is -0.121. The first-order chi connectivity index (χ1) is 20.0. The molecular weight excluding hydrogens is 576 g/mol. The number of amides is 1. The van der Waals surface area contributed by atoms with Crippen LogP contribution in [0.2, 0.25) is 5.02 Å². The first-order valence-corrected chi connectivity index (χ1v) is 14.3. The molecule has 0 saturated carbocycles. The monoisotopic (exact) mass is 604 g/mol. The van der Waals surface area contributed by atoms with Crippen LogP contribution in [-0.4, -0.2) is 37.5 Å². The van der Waals surface area contributed by atoms with E-state index in [1.165, 1.54) is 18.4 Å². The smallest absolute Gasteiger partial charge is 0.348 e. The Bertz CT molecular complexity index is 1710. The molecule has 1 N–H and O–H groups in total. The Hall–Kier alpha value is -4.34. The highest BCUT2D eigenvalue weighted by Crippen LogP contribution is 2.45. The molecule has 0 unspecified atom stereocenters. The minimum atomic E-state index is -0.823. The van der Waals surface area contributed by atoms with Crippen molar-refractivity contribution in [3.8, 4) is 22.6 Å². The number of benzene rings is 3. The van der Waals surface area contributed by atoms with Crippen LogP contribution in [-0.2, 0) is 16.1 Å². The predicted octanol–water partition coefficient (Wildman–Crippen LogP) is 7.13. The zero-order chi connectivity index (χ0) is 30.2. The lowest BCUT2D eigenvalue weighted by atomic mass is 9.91. The number of rotatable bonds is 7. The van der Waals surface area contributed by atoms with Crippen molar-refractivity contribution in [3.63, 3.8) is 0 Å². The van der Waals surface area contributed by atoms with Gasteiger partial charge in [-0.15, -0.1) is 11.3 Å². The zero-order valence-electron chi connectivity index (χ0n) is 23.7. The van der Waals surface area contributed by atoms with Crippen molar-refractivity contribution >= 4 is 52.2 Å². The Morgan fingerprint density at radius 2 is 1.74 bits per heavy atom. The van der Waals surface area contributed by atoms with E-state index in [1.54, 1.807) is 60.5 Å². The summed E-state index contributed by atoms with van der Waals surface area (Å²) >= 11 is 7.51. The molecule has 0 atom stereocenters. The van der Waals surface area contributed by atoms with Gasteiger partial charge in [0.05, 0.1) is 29.1 Å². The summed E-state index contributed by atoms with van der Waals surface area (Å²) in [7, 11) is 3.21. The standard InChI is InChI=1S/C32H29ClN2O6S/c1-18-10-15-27(42-18)30(37)40-17-23-20(13-14-25-28(23)35(4)31(38)32(2,3)34-25)21-12-11-19(16-26(21)39-5)41-29(36)22-8-6-7-9-24(22)33/h6-16,34H,17H2,1-5H3. The van der Waals surface area contributed by atoms with Crippen LogP contribution in [0.15, 0.2) is 66.7 Å². The molecule has 10 heteroatoms. The van der Waals surface area contributed by atoms with E-state index >= 15 is 0 Å². The lowest BCUT2D eigenvalue weighted by Gasteiger charge is -2.39. The van der Waals surface area contributed by atoms with Gasteiger partial charge >= 0.3 is 11.9 Å². The maximum atomic E-state index is 13.3. The largest absolute Gasteiger partial charge is 0.496 e. The van der Waals surface area contributed by atoms with Crippen LogP contribution < -0.4 is 19.7 Å². The number of halogens is 1. The van der Waals surface area contributed by atoms with Crippen LogP contribution in [0.4, 0.5) is 11.4 Å². The molecule has 4 aromatic rings. The van der Waals surface area contributed by atoms with Crippen molar-refractivity contribution in [1.82, 2.24) is 0 Å². The van der Waals surface area contributed by atoms with E-state index in [0.29, 0.717) is 33.0 Å². The van der Waals surface area contributed by atoms with Gasteiger partial charge in [0.15, 0.2) is 0 Å². The molecule has 0 spiro atoms. The SMILES string of the molecule is COc1cc(OC(=O)c2ccccc2Cl)ccc1-c1ccc2c(c1COC(=O)c1ccc(C)s1)N(C)C(=O)C(C)(C)N2. The van der Waals surface area contributed by atoms with E-state index in [1.807, 2.05) is 39.0 Å². The van der Waals surface area contributed by atoms with Gasteiger partial charge in [-0.05, 0) is 68.8 Å². The molecule has 216 valence electrons. The summed E-state index contributed by atoms with van der Waals surface area (Å²) in [5, 5.41) is 3.59. The van der Waals surface area contributed by atoms with Crippen molar-refractivity contribution in [3.05, 3.63) is 92.6 Å². The first kappa shape index (κ1) is 29.2. The average molecular weight is 605 g/mol. The van der Waals surface area contributed by atoms with Crippen LogP contribution in [0.1, 0.15) is 44.3 Å². The fourth-order valence-electron chi connectivity index (χ4n) is 4.93. The third-order valence-corrected chi connectivity index (χ3v) is 8.27. The molecule has 0 radical (unpaired) electrons. The maximum Gasteiger partial charge on any atom is 0.348 e. The highest BCUT2D eigenvalue weighted by Gasteiger charge is 2.39. The highest BCUT2D eigenvalue weighted by molar-refractivity contribution is 7.13. The van der Waals surface area contributed by atoms with Crippen LogP contribution in [0.3, 0.4) is 0 Å². The van der Waals surface area contributed by atoms with Gasteiger partial charge in [0.25, 0.3) is 5.91 Å². The molecule has 8 nitrogen and oxygen atoms in total. The second-order valence-electron chi connectivity index (χ2n) is 10.3. The molecule has 1 aliphatic rings. The Labute approximate surface area is 252 Å². The van der Waals surface area contributed by atoms with Gasteiger partial charge in [0.2, 0.25) is 0 Å². The third kappa shape index (κ3) is 5.57. The van der Waals surface area contributed by atoms with Gasteiger partial charge < -0.3 is 24.4 Å². The summed E-state index contributed by atoms with van der Waals surface area (Å²) < 4.78 is 17.1. The summed E-state index contributed by atoms with van der Waals surface area (Å²) in [5.74, 6) is -0.519. The number of hydrogen-bond donors (Lipinski definition) is 1. The molecule has 0 fully saturated rings. The van der Waals surface area contributed by atoms with Crippen LogP contribution in [0.25, 0.3) is 11.1 Å². The van der Waals surface area contributed by atoms with Gasteiger partial charge in [0.1, 0.15) is 28.5 Å². The molecule has 0 aliphatic carbocycles. The van der Waals surface area contributed by atoms with E-state index in [4.69, 9.17) is 25.8 Å². The number of anilines is 2. The maximum absolute atomic E-state index is 13.3. The number of nitrogens with one attached hydrogen (secondary N) is 1. The second kappa shape index (κ2) is 11.5. The molecule has 5 rings (SSSR count). The second-order valence-corrected chi connectivity index (χ2v) is 12.0. The van der Waals surface area contributed by atoms with Gasteiger partial charge in [-0.1, -0.05) is 29.8 Å². The molecular formula is C32H29ClN2O6S. The molecule has 2 heterocycles. The van der Waals surface area contributed by atoms with E-state index < -0.39 is 17.5 Å². The molecule has 1 amide bonds. The number of esters is 2. The quantitative estimate of drug-likeness (QED) is 0.177. The molecule has 3 aromatic carbocycles. The molecule has 1 aromatic heterocycles. The number of thiophene rings is 1. The minimum absolute atomic E-state index is 0.0968. The zero-order valence-corrected chi connectivity index (χ0v) is 25.3. The lowest BCUT2D eigenvalue weighted by Crippen LogP contribution is -2.52. The number of nitrogens with zero attached hydrogens (tertiary/aromatic N) is 1. The third-order valence-electron chi connectivity index (χ3n) is 6.96. The Kier molecular flexibility index (Phi) is 7.99. The summed E-state index contributed by atoms with van der Waals surface area (Å²) in [6, 6.07) is 19.0. The van der Waals surface area contributed by atoms with E-state index in [2.05, 4.69) is 5.32 Å². The number of likely N-dealkylation sites (N-methyl/N-ethyl adjacent to an activating group) is 1. The van der Waals surface area contributed by atoms with Gasteiger partial charge in [-0.3, -0.25) is 4.79 Å². The number of methoxy groups -OCH3 is 1. The van der Waals surface area contributed by atoms with Crippen molar-refractivity contribution in [1.29, 1.82) is 0 Å². The number of fused-ring (bicyclic) bond motifs is 1. The van der Waals surface area contributed by atoms with Gasteiger partial charge in [0, 0.05) is 29.1 Å². The summed E-state index contributed by atoms with van der Waals surface area (Å²) in [6.07, 6.45) is 0. The Balaban J connectivity index is 1.55. The van der Waals surface area contributed by atoms with Gasteiger partial charge in [-0.2, -0.15) is 0 Å². The molecule has 0 saturated heterocycles. The van der Waals surface area contributed by atoms with Crippen molar-refractivity contribution < 1.29 is 28.6 Å². The number of aryl methyl sites for hydroxylation is 1. The average Bonchev–Trinajstić information content (AvgIpc) is 3.40. The number of carbonyl (C=O) groups is 3. The minimum Gasteiger partial charge on any atom is -0.496 e. The fourth-order valence-corrected chi connectivity index (χ4v) is 5.90. The van der Waals surface area contributed by atoms with Crippen molar-refractivity contribution in [2.45, 2.75) is 32.9 Å². The molecule has 42 heavy (non-hydrogen) atoms. The molecule has 1 aliphatic heterocycles. The number of ether oxygens (including phenoxy) is 3. The van der Waals surface area contributed by atoms with Gasteiger partial charge in [-0.25, -0.2) is 9.59 Å². The fraction of sp³-hybridized carbons (Fsp3) is 0.219. The van der Waals surface area contributed by atoms with E-state index in [9.17, 15) is 14.4 Å². The summed E-state index contributed by atoms with van der Waals surface area (Å²) in [6.45, 7) is 5.45. The Morgan fingerprint density at radius 1 is 1.00 bits per heavy atom. The summed E-state index contributed by atoms with van der Waals surface area (Å²) in [5.41, 5.74) is 2.71. The Morgan fingerprint density at radius 3 is 2.43 bits per heavy atom. The van der Waals surface area contributed by atoms with Crippen molar-refractivity contribution in [2.24, 2.45) is 0 Å². The highest BCUT2D eigenvalue weighted by atomic mass is 35.5.